The van der Waals surface area contributed by atoms with Gasteiger partial charge in [0.15, 0.2) is 0 Å². The van der Waals surface area contributed by atoms with Crippen molar-refractivity contribution in [3.05, 3.63) is 36.0 Å². The Morgan fingerprint density at radius 3 is 2.64 bits per heavy atom. The largest absolute Gasteiger partial charge is 0.361 e. The maximum atomic E-state index is 13.0. The molecule has 180 valence electrons. The molecule has 7 heteroatoms. The molecule has 2 aromatic rings. The molecule has 33 heavy (non-hydrogen) atoms. The van der Waals surface area contributed by atoms with E-state index >= 15 is 0 Å². The quantitative estimate of drug-likeness (QED) is 0.385. The molecular formula is C26H38N4O3. The number of nitrogens with one attached hydrogen (secondary N) is 4. The van der Waals surface area contributed by atoms with Gasteiger partial charge in [0.2, 0.25) is 5.91 Å². The summed E-state index contributed by atoms with van der Waals surface area (Å²) >= 11 is 0. The van der Waals surface area contributed by atoms with E-state index in [9.17, 15) is 14.4 Å². The Kier molecular flexibility index (Phi) is 9.34. The van der Waals surface area contributed by atoms with E-state index < -0.39 is 12.1 Å². The van der Waals surface area contributed by atoms with E-state index in [0.29, 0.717) is 18.9 Å². The van der Waals surface area contributed by atoms with E-state index in [0.717, 1.165) is 35.6 Å². The number of aromatic nitrogens is 1. The third kappa shape index (κ3) is 7.07. The first-order valence-corrected chi connectivity index (χ1v) is 12.4. The lowest BCUT2D eigenvalue weighted by atomic mass is 9.87. The predicted octanol–water partition coefficient (Wildman–Crippen LogP) is 4.08. The molecule has 0 bridgehead atoms. The number of benzene rings is 1. The van der Waals surface area contributed by atoms with E-state index in [1.807, 2.05) is 44.3 Å². The fourth-order valence-electron chi connectivity index (χ4n) is 4.70. The fraction of sp³-hybridized carbons (Fsp3) is 0.577. The molecule has 3 rings (SSSR count). The highest BCUT2D eigenvalue weighted by Crippen LogP contribution is 2.25. The van der Waals surface area contributed by atoms with E-state index in [4.69, 9.17) is 0 Å². The van der Waals surface area contributed by atoms with Crippen LogP contribution in [0, 0.1) is 11.8 Å². The number of hydrogen-bond donors (Lipinski definition) is 4. The van der Waals surface area contributed by atoms with Crippen LogP contribution < -0.4 is 16.0 Å². The molecule has 7 nitrogen and oxygen atoms in total. The molecule has 0 saturated heterocycles. The van der Waals surface area contributed by atoms with Crippen molar-refractivity contribution in [3.8, 4) is 0 Å². The zero-order valence-electron chi connectivity index (χ0n) is 19.9. The predicted molar refractivity (Wildman–Crippen MR) is 131 cm³/mol. The summed E-state index contributed by atoms with van der Waals surface area (Å²) in [5.41, 5.74) is 1.96. The summed E-state index contributed by atoms with van der Waals surface area (Å²) in [4.78, 5) is 40.5. The summed E-state index contributed by atoms with van der Waals surface area (Å²) in [6.07, 6.45) is 11.1. The van der Waals surface area contributed by atoms with Crippen molar-refractivity contribution in [3.63, 3.8) is 0 Å². The highest BCUT2D eigenvalue weighted by molar-refractivity contribution is 5.89. The first-order chi connectivity index (χ1) is 16.0. The molecular weight excluding hydrogens is 416 g/mol. The van der Waals surface area contributed by atoms with E-state index in [-0.39, 0.29) is 17.9 Å². The monoisotopic (exact) mass is 454 g/mol. The number of carbonyl (C=O) groups excluding carboxylic acids is 3. The summed E-state index contributed by atoms with van der Waals surface area (Å²) in [5, 5.41) is 9.62. The number of fused-ring (bicyclic) bond motifs is 1. The minimum Gasteiger partial charge on any atom is -0.361 e. The van der Waals surface area contributed by atoms with Crippen LogP contribution in [0.5, 0.6) is 0 Å². The van der Waals surface area contributed by atoms with Gasteiger partial charge in [0, 0.05) is 30.1 Å². The minimum absolute atomic E-state index is 0.0607. The Morgan fingerprint density at radius 2 is 1.91 bits per heavy atom. The molecule has 1 fully saturated rings. The third-order valence-corrected chi connectivity index (χ3v) is 6.95. The Hall–Kier alpha value is -2.83. The van der Waals surface area contributed by atoms with Crippen molar-refractivity contribution in [2.75, 3.05) is 6.54 Å². The number of hydrogen-bond acceptors (Lipinski definition) is 3. The van der Waals surface area contributed by atoms with Crippen LogP contribution in [0.4, 0.5) is 4.79 Å². The lowest BCUT2D eigenvalue weighted by Gasteiger charge is -2.26. The minimum atomic E-state index is -0.699. The number of carbonyl (C=O) groups is 3. The van der Waals surface area contributed by atoms with Crippen LogP contribution >= 0.6 is 0 Å². The highest BCUT2D eigenvalue weighted by atomic mass is 16.2. The van der Waals surface area contributed by atoms with Crippen molar-refractivity contribution in [2.24, 2.45) is 11.8 Å². The average molecular weight is 455 g/mol. The second-order valence-electron chi connectivity index (χ2n) is 9.37. The SMILES string of the molecule is CCC(C)[C@H](NC(=O)NCCC1CCCCC1)C(=O)N[C@H](C=O)Cc1c[nH]c2ccccc12. The second-order valence-corrected chi connectivity index (χ2v) is 9.37. The van der Waals surface area contributed by atoms with Crippen LogP contribution in [0.2, 0.25) is 0 Å². The number of H-pyrrole nitrogens is 1. The maximum absolute atomic E-state index is 13.0. The summed E-state index contributed by atoms with van der Waals surface area (Å²) < 4.78 is 0. The Morgan fingerprint density at radius 1 is 1.15 bits per heavy atom. The van der Waals surface area contributed by atoms with Gasteiger partial charge in [-0.3, -0.25) is 4.79 Å². The molecule has 1 heterocycles. The van der Waals surface area contributed by atoms with Gasteiger partial charge in [-0.05, 0) is 29.9 Å². The molecule has 1 aliphatic carbocycles. The molecule has 0 spiro atoms. The number of urea groups is 1. The molecule has 3 atom stereocenters. The van der Waals surface area contributed by atoms with Crippen LogP contribution in [-0.4, -0.2) is 41.8 Å². The molecule has 0 aliphatic heterocycles. The Bertz CT molecular complexity index is 919. The van der Waals surface area contributed by atoms with Gasteiger partial charge in [-0.15, -0.1) is 0 Å². The van der Waals surface area contributed by atoms with Gasteiger partial charge < -0.3 is 25.7 Å². The van der Waals surface area contributed by atoms with E-state index in [1.54, 1.807) is 0 Å². The summed E-state index contributed by atoms with van der Waals surface area (Å²) in [7, 11) is 0. The second kappa shape index (κ2) is 12.4. The molecule has 0 radical (unpaired) electrons. The van der Waals surface area contributed by atoms with Gasteiger partial charge in [0.25, 0.3) is 0 Å². The number of para-hydroxylation sites is 1. The molecule has 1 aromatic heterocycles. The number of amides is 3. The molecule has 3 amide bonds. The number of aromatic amines is 1. The highest BCUT2D eigenvalue weighted by Gasteiger charge is 2.28. The lowest BCUT2D eigenvalue weighted by molar-refractivity contribution is -0.126. The third-order valence-electron chi connectivity index (χ3n) is 6.95. The van der Waals surface area contributed by atoms with Crippen LogP contribution in [0.1, 0.15) is 64.4 Å². The first kappa shape index (κ1) is 24.8. The number of aldehydes is 1. The van der Waals surface area contributed by atoms with Gasteiger partial charge in [-0.2, -0.15) is 0 Å². The van der Waals surface area contributed by atoms with Gasteiger partial charge in [-0.25, -0.2) is 4.79 Å². The van der Waals surface area contributed by atoms with Crippen molar-refractivity contribution in [2.45, 2.75) is 77.3 Å². The van der Waals surface area contributed by atoms with Crippen LogP contribution in [0.15, 0.2) is 30.5 Å². The van der Waals surface area contributed by atoms with Gasteiger partial charge in [0.1, 0.15) is 12.3 Å². The van der Waals surface area contributed by atoms with Gasteiger partial charge in [-0.1, -0.05) is 70.6 Å². The van der Waals surface area contributed by atoms with E-state index in [2.05, 4.69) is 20.9 Å². The smallest absolute Gasteiger partial charge is 0.315 e. The van der Waals surface area contributed by atoms with E-state index in [1.165, 1.54) is 32.1 Å². The van der Waals surface area contributed by atoms with Crippen molar-refractivity contribution in [1.29, 1.82) is 0 Å². The first-order valence-electron chi connectivity index (χ1n) is 12.4. The topological polar surface area (TPSA) is 103 Å². The Balaban J connectivity index is 1.54. The maximum Gasteiger partial charge on any atom is 0.315 e. The molecule has 1 aliphatic rings. The normalized spacial score (nSPS) is 17.2. The zero-order valence-corrected chi connectivity index (χ0v) is 19.9. The summed E-state index contributed by atoms with van der Waals surface area (Å²) in [6.45, 7) is 4.53. The summed E-state index contributed by atoms with van der Waals surface area (Å²) in [5.74, 6) is 0.295. The molecule has 1 unspecified atom stereocenters. The average Bonchev–Trinajstić information content (AvgIpc) is 3.25. The van der Waals surface area contributed by atoms with Gasteiger partial charge in [0.05, 0.1) is 6.04 Å². The lowest BCUT2D eigenvalue weighted by Crippen LogP contribution is -2.55. The van der Waals surface area contributed by atoms with Crippen LogP contribution in [0.3, 0.4) is 0 Å². The van der Waals surface area contributed by atoms with Crippen LogP contribution in [0.25, 0.3) is 10.9 Å². The van der Waals surface area contributed by atoms with Crippen molar-refractivity contribution >= 4 is 29.1 Å². The summed E-state index contributed by atoms with van der Waals surface area (Å²) in [6, 6.07) is 6.17. The fourth-order valence-corrected chi connectivity index (χ4v) is 4.70. The standard InChI is InChI=1S/C26H38N4O3/c1-3-18(2)24(30-26(33)27-14-13-19-9-5-4-6-10-19)25(32)29-21(17-31)15-20-16-28-23-12-8-7-11-22(20)23/h7-8,11-12,16-19,21,24,28H,3-6,9-10,13-15H2,1-2H3,(H,29,32)(H2,27,30,33)/t18?,21-,24-/m0/s1. The van der Waals surface area contributed by atoms with Crippen molar-refractivity contribution in [1.82, 2.24) is 20.9 Å². The Labute approximate surface area is 196 Å². The van der Waals surface area contributed by atoms with Crippen LogP contribution in [-0.2, 0) is 16.0 Å². The number of rotatable bonds is 11. The molecule has 1 aromatic carbocycles. The zero-order chi connectivity index (χ0) is 23.6. The van der Waals surface area contributed by atoms with Crippen molar-refractivity contribution < 1.29 is 14.4 Å². The molecule has 4 N–H and O–H groups in total. The van der Waals surface area contributed by atoms with Gasteiger partial charge >= 0.3 is 6.03 Å². The molecule has 1 saturated carbocycles.